The predicted molar refractivity (Wildman–Crippen MR) is 194 cm³/mol. The standard InChI is InChI=1S/C44H28N2/c1-2-14-31(15-3-1)44-45-41(34-19-10-18-32(26-34)37-23-11-17-29-12-4-7-20-35(29)37)28-42(46-44)43-38-22-9-6-16-33(38)27-40-36-21-8-5-13-30(36)24-25-39(40)43/h1-28H. The molecule has 2 nitrogen and oxygen atoms in total. The first-order chi connectivity index (χ1) is 22.8. The molecule has 9 aromatic rings. The van der Waals surface area contributed by atoms with Crippen LogP contribution in [0.5, 0.6) is 0 Å². The molecule has 46 heavy (non-hydrogen) atoms. The average Bonchev–Trinajstić information content (AvgIpc) is 3.14. The second-order valence-electron chi connectivity index (χ2n) is 11.8. The lowest BCUT2D eigenvalue weighted by molar-refractivity contribution is 1.19. The first-order valence-corrected chi connectivity index (χ1v) is 15.7. The number of hydrogen-bond donors (Lipinski definition) is 0. The van der Waals surface area contributed by atoms with Crippen molar-refractivity contribution in [2.75, 3.05) is 0 Å². The Labute approximate surface area is 267 Å². The zero-order valence-electron chi connectivity index (χ0n) is 25.1. The van der Waals surface area contributed by atoms with Crippen LogP contribution in [0.1, 0.15) is 0 Å². The first-order valence-electron chi connectivity index (χ1n) is 15.7. The van der Waals surface area contributed by atoms with Crippen molar-refractivity contribution < 1.29 is 0 Å². The molecule has 1 aromatic heterocycles. The second-order valence-corrected chi connectivity index (χ2v) is 11.8. The maximum atomic E-state index is 5.29. The van der Waals surface area contributed by atoms with E-state index in [2.05, 4.69) is 152 Å². The molecule has 0 saturated carbocycles. The van der Waals surface area contributed by atoms with Crippen LogP contribution in [0.25, 0.3) is 88.1 Å². The number of benzene rings is 8. The van der Waals surface area contributed by atoms with Crippen molar-refractivity contribution in [1.82, 2.24) is 9.97 Å². The van der Waals surface area contributed by atoms with Crippen molar-refractivity contribution >= 4 is 43.1 Å². The summed E-state index contributed by atoms with van der Waals surface area (Å²) in [4.78, 5) is 10.5. The van der Waals surface area contributed by atoms with Gasteiger partial charge in [0.05, 0.1) is 11.4 Å². The minimum atomic E-state index is 0.713. The van der Waals surface area contributed by atoms with Gasteiger partial charge in [-0.25, -0.2) is 9.97 Å². The van der Waals surface area contributed by atoms with Gasteiger partial charge in [0.15, 0.2) is 5.82 Å². The summed E-state index contributed by atoms with van der Waals surface area (Å²) in [6, 6.07) is 60.4. The zero-order valence-corrected chi connectivity index (χ0v) is 25.1. The maximum Gasteiger partial charge on any atom is 0.160 e. The van der Waals surface area contributed by atoms with Crippen LogP contribution < -0.4 is 0 Å². The Morgan fingerprint density at radius 2 is 0.913 bits per heavy atom. The van der Waals surface area contributed by atoms with E-state index in [4.69, 9.17) is 9.97 Å². The molecule has 2 heteroatoms. The van der Waals surface area contributed by atoms with Gasteiger partial charge in [-0.2, -0.15) is 0 Å². The average molecular weight is 585 g/mol. The van der Waals surface area contributed by atoms with Gasteiger partial charge in [-0.1, -0.05) is 152 Å². The highest BCUT2D eigenvalue weighted by atomic mass is 14.9. The van der Waals surface area contributed by atoms with Gasteiger partial charge in [0.1, 0.15) is 0 Å². The first kappa shape index (κ1) is 26.3. The molecule has 0 amide bonds. The van der Waals surface area contributed by atoms with Gasteiger partial charge in [0, 0.05) is 16.7 Å². The highest BCUT2D eigenvalue weighted by molar-refractivity contribution is 6.19. The van der Waals surface area contributed by atoms with E-state index >= 15 is 0 Å². The van der Waals surface area contributed by atoms with Crippen molar-refractivity contribution in [2.45, 2.75) is 0 Å². The van der Waals surface area contributed by atoms with E-state index in [-0.39, 0.29) is 0 Å². The molecule has 0 aliphatic carbocycles. The summed E-state index contributed by atoms with van der Waals surface area (Å²) >= 11 is 0. The van der Waals surface area contributed by atoms with E-state index in [1.54, 1.807) is 0 Å². The molecule has 214 valence electrons. The smallest absolute Gasteiger partial charge is 0.160 e. The third-order valence-corrected chi connectivity index (χ3v) is 9.04. The SMILES string of the molecule is c1ccc(-c2nc(-c3cccc(-c4cccc5ccccc45)c3)cc(-c3c4ccccc4cc4c3ccc3ccccc34)n2)cc1. The Bertz CT molecular complexity index is 2580. The third kappa shape index (κ3) is 4.43. The molecule has 0 unspecified atom stereocenters. The van der Waals surface area contributed by atoms with Crippen molar-refractivity contribution in [3.05, 3.63) is 170 Å². The molecule has 0 radical (unpaired) electrons. The van der Waals surface area contributed by atoms with Gasteiger partial charge >= 0.3 is 0 Å². The monoisotopic (exact) mass is 584 g/mol. The van der Waals surface area contributed by atoms with Crippen molar-refractivity contribution in [3.8, 4) is 45.0 Å². The van der Waals surface area contributed by atoms with Crippen LogP contribution in [0.15, 0.2) is 170 Å². The molecule has 0 bridgehead atoms. The van der Waals surface area contributed by atoms with Crippen molar-refractivity contribution in [2.24, 2.45) is 0 Å². The Kier molecular flexibility index (Phi) is 6.17. The topological polar surface area (TPSA) is 25.8 Å². The Morgan fingerprint density at radius 1 is 0.304 bits per heavy atom. The van der Waals surface area contributed by atoms with Gasteiger partial charge in [-0.15, -0.1) is 0 Å². The number of nitrogens with zero attached hydrogens (tertiary/aromatic N) is 2. The van der Waals surface area contributed by atoms with Gasteiger partial charge in [0.25, 0.3) is 0 Å². The van der Waals surface area contributed by atoms with E-state index in [0.717, 1.165) is 33.6 Å². The van der Waals surface area contributed by atoms with E-state index in [0.29, 0.717) is 5.82 Å². The fourth-order valence-corrected chi connectivity index (χ4v) is 6.86. The fourth-order valence-electron chi connectivity index (χ4n) is 6.86. The lowest BCUT2D eigenvalue weighted by Crippen LogP contribution is -1.97. The largest absolute Gasteiger partial charge is 0.228 e. The molecular formula is C44H28N2. The zero-order chi connectivity index (χ0) is 30.5. The molecule has 9 rings (SSSR count). The van der Waals surface area contributed by atoms with Gasteiger partial charge < -0.3 is 0 Å². The number of hydrogen-bond acceptors (Lipinski definition) is 2. The van der Waals surface area contributed by atoms with Gasteiger partial charge in [-0.05, 0) is 72.4 Å². The molecule has 0 atom stereocenters. The maximum absolute atomic E-state index is 5.29. The molecule has 0 aliphatic rings. The van der Waals surface area contributed by atoms with Gasteiger partial charge in [0.2, 0.25) is 0 Å². The number of rotatable bonds is 4. The molecule has 0 fully saturated rings. The Hall–Kier alpha value is -6.12. The summed E-state index contributed by atoms with van der Waals surface area (Å²) in [6.45, 7) is 0. The highest BCUT2D eigenvalue weighted by Crippen LogP contribution is 2.40. The van der Waals surface area contributed by atoms with E-state index < -0.39 is 0 Å². The highest BCUT2D eigenvalue weighted by Gasteiger charge is 2.17. The lowest BCUT2D eigenvalue weighted by atomic mass is 9.91. The molecule has 0 saturated heterocycles. The van der Waals surface area contributed by atoms with Crippen LogP contribution in [0, 0.1) is 0 Å². The Morgan fingerprint density at radius 3 is 1.76 bits per heavy atom. The van der Waals surface area contributed by atoms with Crippen molar-refractivity contribution in [3.63, 3.8) is 0 Å². The van der Waals surface area contributed by atoms with Crippen LogP contribution in [-0.2, 0) is 0 Å². The van der Waals surface area contributed by atoms with E-state index in [9.17, 15) is 0 Å². The Balaban J connectivity index is 1.32. The van der Waals surface area contributed by atoms with Crippen LogP contribution in [0.4, 0.5) is 0 Å². The molecular weight excluding hydrogens is 556 g/mol. The summed E-state index contributed by atoms with van der Waals surface area (Å²) in [5.41, 5.74) is 7.36. The van der Waals surface area contributed by atoms with Crippen molar-refractivity contribution in [1.29, 1.82) is 0 Å². The fraction of sp³-hybridized carbons (Fsp3) is 0. The summed E-state index contributed by atoms with van der Waals surface area (Å²) in [7, 11) is 0. The normalized spacial score (nSPS) is 11.5. The summed E-state index contributed by atoms with van der Waals surface area (Å²) < 4.78 is 0. The quantitative estimate of drug-likeness (QED) is 0.152. The molecule has 0 aliphatic heterocycles. The second kappa shape index (κ2) is 10.8. The third-order valence-electron chi connectivity index (χ3n) is 9.04. The molecule has 1 heterocycles. The molecule has 8 aromatic carbocycles. The van der Waals surface area contributed by atoms with Crippen LogP contribution >= 0.6 is 0 Å². The minimum Gasteiger partial charge on any atom is -0.228 e. The molecule has 0 spiro atoms. The number of aromatic nitrogens is 2. The summed E-state index contributed by atoms with van der Waals surface area (Å²) in [6.07, 6.45) is 0. The van der Waals surface area contributed by atoms with Crippen LogP contribution in [-0.4, -0.2) is 9.97 Å². The molecule has 0 N–H and O–H groups in total. The van der Waals surface area contributed by atoms with E-state index in [1.165, 1.54) is 48.7 Å². The van der Waals surface area contributed by atoms with E-state index in [1.807, 2.05) is 18.2 Å². The minimum absolute atomic E-state index is 0.713. The number of fused-ring (bicyclic) bond motifs is 5. The van der Waals surface area contributed by atoms with Crippen LogP contribution in [0.2, 0.25) is 0 Å². The summed E-state index contributed by atoms with van der Waals surface area (Å²) in [5.74, 6) is 0.713. The lowest BCUT2D eigenvalue weighted by Gasteiger charge is -2.16. The predicted octanol–water partition coefficient (Wildman–Crippen LogP) is 11.8. The summed E-state index contributed by atoms with van der Waals surface area (Å²) in [5, 5.41) is 9.74. The van der Waals surface area contributed by atoms with Gasteiger partial charge in [-0.3, -0.25) is 0 Å². The van der Waals surface area contributed by atoms with Crippen LogP contribution in [0.3, 0.4) is 0 Å².